The number of hydrogen-bond donors (Lipinski definition) is 4. The van der Waals surface area contributed by atoms with Crippen LogP contribution in [0.15, 0.2) is 32.6 Å². The number of phenols is 2. The van der Waals surface area contributed by atoms with Crippen molar-refractivity contribution in [2.45, 2.75) is 23.1 Å². The van der Waals surface area contributed by atoms with Crippen molar-refractivity contribution < 1.29 is 15.2 Å². The lowest BCUT2D eigenvalue weighted by atomic mass is 10.1. The molecule has 0 aliphatic carbocycles. The summed E-state index contributed by atoms with van der Waals surface area (Å²) in [6.07, 6.45) is 3.69. The quantitative estimate of drug-likeness (QED) is 0.548. The van der Waals surface area contributed by atoms with Gasteiger partial charge in [-0.15, -0.1) is 11.8 Å². The maximum Gasteiger partial charge on any atom is 0.257 e. The third kappa shape index (κ3) is 2.37. The average molecular weight is 417 g/mol. The molecule has 126 valence electrons. The molecule has 2 aromatic rings. The maximum absolute atomic E-state index is 10.7. The van der Waals surface area contributed by atoms with Crippen molar-refractivity contribution in [3.63, 3.8) is 0 Å². The number of fused-ring (bicyclic) bond motifs is 1. The lowest BCUT2D eigenvalue weighted by Gasteiger charge is -2.14. The monoisotopic (exact) mass is 416 g/mol. The Kier molecular flexibility index (Phi) is 3.36. The van der Waals surface area contributed by atoms with Crippen molar-refractivity contribution >= 4 is 50.9 Å². The molecule has 0 bridgehead atoms. The lowest BCUT2D eigenvalue weighted by Crippen LogP contribution is -2.61. The Labute approximate surface area is 156 Å². The summed E-state index contributed by atoms with van der Waals surface area (Å²) in [7, 11) is 0. The predicted molar refractivity (Wildman–Crippen MR) is 101 cm³/mol. The number of rotatable bonds is 2. The Morgan fingerprint density at radius 1 is 1.28 bits per heavy atom. The number of hydrogen-bond acceptors (Lipinski definition) is 5. The fourth-order valence-corrected chi connectivity index (χ4v) is 5.21. The van der Waals surface area contributed by atoms with Gasteiger partial charge in [-0.2, -0.15) is 0 Å². The van der Waals surface area contributed by atoms with E-state index in [-0.39, 0.29) is 16.9 Å². The summed E-state index contributed by atoms with van der Waals surface area (Å²) in [6.45, 7) is 0.779. The number of nitrogens with zero attached hydrogens (tertiary/aromatic N) is 1. The molecule has 0 radical (unpaired) electrons. The molecule has 3 aliphatic heterocycles. The summed E-state index contributed by atoms with van der Waals surface area (Å²) in [4.78, 5) is 8.86. The summed E-state index contributed by atoms with van der Waals surface area (Å²) in [5.41, 5.74) is 3.83. The Bertz CT molecular complexity index is 1050. The van der Waals surface area contributed by atoms with Crippen molar-refractivity contribution in [3.05, 3.63) is 38.8 Å². The van der Waals surface area contributed by atoms with E-state index >= 15 is 0 Å². The summed E-state index contributed by atoms with van der Waals surface area (Å²) >= 11 is 5.02. The first-order valence-corrected chi connectivity index (χ1v) is 9.75. The van der Waals surface area contributed by atoms with E-state index in [2.05, 4.69) is 31.2 Å². The number of halogens is 1. The fraction of sp³-hybridized carbons (Fsp3) is 0.222. The molecular weight excluding hydrogens is 402 g/mol. The van der Waals surface area contributed by atoms with E-state index in [1.807, 2.05) is 18.3 Å². The summed E-state index contributed by atoms with van der Waals surface area (Å²) in [5, 5.41) is 26.0. The van der Waals surface area contributed by atoms with Gasteiger partial charge < -0.3 is 15.5 Å². The van der Waals surface area contributed by atoms with Gasteiger partial charge in [0.1, 0.15) is 5.75 Å². The molecule has 0 spiro atoms. The van der Waals surface area contributed by atoms with Gasteiger partial charge >= 0.3 is 0 Å². The molecule has 7 heteroatoms. The van der Waals surface area contributed by atoms with Crippen LogP contribution in [0.3, 0.4) is 0 Å². The van der Waals surface area contributed by atoms with Crippen LogP contribution in [0.4, 0.5) is 11.4 Å². The molecule has 3 heterocycles. The highest BCUT2D eigenvalue weighted by atomic mass is 79.9. The summed E-state index contributed by atoms with van der Waals surface area (Å²) in [6, 6.07) is 5.68. The number of phenolic OH excluding ortho intramolecular Hbond substituents is 2. The molecule has 0 amide bonds. The van der Waals surface area contributed by atoms with Crippen LogP contribution in [0.1, 0.15) is 12.0 Å². The normalized spacial score (nSPS) is 19.6. The highest BCUT2D eigenvalue weighted by Gasteiger charge is 2.28. The second-order valence-electron chi connectivity index (χ2n) is 6.35. The first kappa shape index (κ1) is 15.3. The van der Waals surface area contributed by atoms with Crippen LogP contribution in [-0.4, -0.2) is 28.3 Å². The molecule has 5 rings (SSSR count). The Balaban J connectivity index is 1.50. The molecule has 0 aromatic heterocycles. The molecule has 1 unspecified atom stereocenters. The summed E-state index contributed by atoms with van der Waals surface area (Å²) < 4.78 is 0.707. The third-order valence-corrected chi connectivity index (χ3v) is 6.61. The molecule has 1 atom stereocenters. The standard InChI is InChI=1S/C18H14BrN3O2S/c19-10-3-9-4-15(25-14(9)6-13(10)23)22-12-5-11-16-8(1-2-20-11)7-21-17(16)18(12)24/h3,5-7,15,22-24H,1-2,4H2/p+1. The van der Waals surface area contributed by atoms with Gasteiger partial charge in [-0.05, 0) is 46.1 Å². The topological polar surface area (TPSA) is 78.8 Å². The SMILES string of the molecule is Oc1cc2c(cc1Br)CC(Nc1cc3c4c(c1O)[NH+]=CC=4CCN=3)S2. The van der Waals surface area contributed by atoms with Crippen molar-refractivity contribution in [1.29, 1.82) is 0 Å². The molecule has 25 heavy (non-hydrogen) atoms. The number of aromatic hydroxyl groups is 2. The highest BCUT2D eigenvalue weighted by Crippen LogP contribution is 2.42. The second-order valence-corrected chi connectivity index (χ2v) is 8.45. The Hall–Kier alpha value is -1.99. The zero-order chi connectivity index (χ0) is 17.1. The van der Waals surface area contributed by atoms with Crippen LogP contribution in [0.2, 0.25) is 0 Å². The minimum Gasteiger partial charge on any atom is -0.507 e. The smallest absolute Gasteiger partial charge is 0.257 e. The van der Waals surface area contributed by atoms with Gasteiger partial charge in [0, 0.05) is 23.4 Å². The van der Waals surface area contributed by atoms with Crippen LogP contribution in [-0.2, 0) is 6.42 Å². The van der Waals surface area contributed by atoms with Gasteiger partial charge in [0.2, 0.25) is 5.75 Å². The Morgan fingerprint density at radius 2 is 2.16 bits per heavy atom. The zero-order valence-corrected chi connectivity index (χ0v) is 15.5. The van der Waals surface area contributed by atoms with E-state index in [0.29, 0.717) is 10.2 Å². The first-order valence-electron chi connectivity index (χ1n) is 8.08. The molecule has 0 saturated carbocycles. The summed E-state index contributed by atoms with van der Waals surface area (Å²) in [5.74, 6) is 0.487. The molecule has 0 saturated heterocycles. The number of nitrogens with one attached hydrogen (secondary N) is 2. The predicted octanol–water partition coefficient (Wildman–Crippen LogP) is 0.917. The van der Waals surface area contributed by atoms with Gasteiger partial charge in [-0.1, -0.05) is 0 Å². The van der Waals surface area contributed by atoms with E-state index < -0.39 is 0 Å². The number of benzene rings is 2. The van der Waals surface area contributed by atoms with E-state index in [1.165, 1.54) is 11.1 Å². The molecule has 5 nitrogen and oxygen atoms in total. The lowest BCUT2D eigenvalue weighted by molar-refractivity contribution is -0.345. The highest BCUT2D eigenvalue weighted by molar-refractivity contribution is 9.10. The molecule has 2 aromatic carbocycles. The van der Waals surface area contributed by atoms with Crippen molar-refractivity contribution in [2.24, 2.45) is 4.99 Å². The van der Waals surface area contributed by atoms with E-state index in [0.717, 1.165) is 40.5 Å². The third-order valence-electron chi connectivity index (χ3n) is 4.78. The van der Waals surface area contributed by atoms with Crippen molar-refractivity contribution in [3.8, 4) is 11.5 Å². The van der Waals surface area contributed by atoms with Gasteiger partial charge in [0.15, 0.2) is 6.21 Å². The molecule has 4 N–H and O–H groups in total. The van der Waals surface area contributed by atoms with Gasteiger partial charge in [-0.25, -0.2) is 4.99 Å². The second kappa shape index (κ2) is 5.51. The number of anilines is 1. The zero-order valence-electron chi connectivity index (χ0n) is 13.1. The van der Waals surface area contributed by atoms with Gasteiger partial charge in [0.25, 0.3) is 5.69 Å². The van der Waals surface area contributed by atoms with Crippen molar-refractivity contribution in [1.82, 2.24) is 0 Å². The van der Waals surface area contributed by atoms with Crippen LogP contribution in [0.5, 0.6) is 11.5 Å². The van der Waals surface area contributed by atoms with Gasteiger partial charge in [0.05, 0.1) is 26.1 Å². The van der Waals surface area contributed by atoms with Crippen LogP contribution >= 0.6 is 27.7 Å². The minimum atomic E-state index is 0.0947. The molecular formula is C18H15BrN3O2S+. The molecule has 3 aliphatic rings. The van der Waals surface area contributed by atoms with Crippen LogP contribution in [0.25, 0.3) is 5.57 Å². The maximum atomic E-state index is 10.7. The van der Waals surface area contributed by atoms with Crippen LogP contribution in [0, 0.1) is 0 Å². The van der Waals surface area contributed by atoms with E-state index in [9.17, 15) is 10.2 Å². The van der Waals surface area contributed by atoms with E-state index in [4.69, 9.17) is 0 Å². The average Bonchev–Trinajstić information content (AvgIpc) is 3.18. The molecule has 0 fully saturated rings. The van der Waals surface area contributed by atoms with E-state index in [1.54, 1.807) is 17.8 Å². The Morgan fingerprint density at radius 3 is 3.04 bits per heavy atom. The minimum absolute atomic E-state index is 0.0947. The van der Waals surface area contributed by atoms with Crippen LogP contribution < -0.4 is 20.9 Å². The van der Waals surface area contributed by atoms with Gasteiger partial charge in [-0.3, -0.25) is 4.99 Å². The number of thioether (sulfide) groups is 1. The van der Waals surface area contributed by atoms with Crippen molar-refractivity contribution in [2.75, 3.05) is 11.9 Å². The fourth-order valence-electron chi connectivity index (χ4n) is 3.59. The first-order chi connectivity index (χ1) is 12.1. The largest absolute Gasteiger partial charge is 0.507 e.